The van der Waals surface area contributed by atoms with Gasteiger partial charge in [-0.2, -0.15) is 0 Å². The van der Waals surface area contributed by atoms with E-state index in [2.05, 4.69) is 0 Å². The number of methoxy groups -OCH3 is 1. The Morgan fingerprint density at radius 2 is 1.72 bits per heavy atom. The zero-order chi connectivity index (χ0) is 19.0. The Morgan fingerprint density at radius 3 is 2.20 bits per heavy atom. The lowest BCUT2D eigenvalue weighted by atomic mass is 9.79. The molecule has 0 saturated carbocycles. The molecule has 1 amide bonds. The Labute approximate surface area is 150 Å². The number of amides is 1. The summed E-state index contributed by atoms with van der Waals surface area (Å²) in [5.74, 6) is 0.551. The van der Waals surface area contributed by atoms with Crippen LogP contribution >= 0.6 is 0 Å². The maximum Gasteiger partial charge on any atom is 0.494 e. The van der Waals surface area contributed by atoms with E-state index in [1.54, 1.807) is 20.2 Å². The van der Waals surface area contributed by atoms with Crippen molar-refractivity contribution in [3.63, 3.8) is 0 Å². The molecule has 0 unspecified atom stereocenters. The molecule has 0 radical (unpaired) electrons. The van der Waals surface area contributed by atoms with E-state index in [9.17, 15) is 4.79 Å². The van der Waals surface area contributed by atoms with E-state index in [4.69, 9.17) is 18.8 Å². The van der Waals surface area contributed by atoms with E-state index >= 15 is 0 Å². The van der Waals surface area contributed by atoms with Crippen molar-refractivity contribution in [2.45, 2.75) is 58.8 Å². The minimum atomic E-state index is -0.485. The molecule has 0 aliphatic carbocycles. The summed E-state index contributed by atoms with van der Waals surface area (Å²) in [7, 11) is 2.73. The molecule has 25 heavy (non-hydrogen) atoms. The molecular formula is C18H28BNO5. The van der Waals surface area contributed by atoms with Crippen molar-refractivity contribution < 1.29 is 23.6 Å². The SMILES string of the molecule is COc1cc(B2OC(C)(C)C(C)(C)O2)ccc1N(C)C(=O)OC(C)C. The van der Waals surface area contributed by atoms with Gasteiger partial charge >= 0.3 is 13.2 Å². The average Bonchev–Trinajstić information content (AvgIpc) is 2.73. The third kappa shape index (κ3) is 3.93. The fourth-order valence-corrected chi connectivity index (χ4v) is 2.48. The largest absolute Gasteiger partial charge is 0.495 e. The topological polar surface area (TPSA) is 57.2 Å². The van der Waals surface area contributed by atoms with Gasteiger partial charge in [0.15, 0.2) is 0 Å². The van der Waals surface area contributed by atoms with Crippen LogP contribution in [0.5, 0.6) is 5.75 Å². The van der Waals surface area contributed by atoms with Crippen molar-refractivity contribution in [3.8, 4) is 5.75 Å². The van der Waals surface area contributed by atoms with Crippen LogP contribution in [0.3, 0.4) is 0 Å². The van der Waals surface area contributed by atoms with Gasteiger partial charge in [0.1, 0.15) is 5.75 Å². The first-order valence-electron chi connectivity index (χ1n) is 8.46. The molecular weight excluding hydrogens is 321 g/mol. The number of benzene rings is 1. The van der Waals surface area contributed by atoms with Gasteiger partial charge in [-0.3, -0.25) is 4.90 Å². The number of hydrogen-bond donors (Lipinski definition) is 0. The first kappa shape index (κ1) is 19.6. The van der Waals surface area contributed by atoms with Gasteiger partial charge in [-0.1, -0.05) is 6.07 Å². The van der Waals surface area contributed by atoms with Crippen LogP contribution < -0.4 is 15.1 Å². The van der Waals surface area contributed by atoms with E-state index in [1.165, 1.54) is 4.90 Å². The van der Waals surface area contributed by atoms with E-state index in [0.29, 0.717) is 11.4 Å². The number of hydrogen-bond acceptors (Lipinski definition) is 5. The monoisotopic (exact) mass is 349 g/mol. The van der Waals surface area contributed by atoms with E-state index in [1.807, 2.05) is 53.7 Å². The van der Waals surface area contributed by atoms with Crippen molar-refractivity contribution in [1.29, 1.82) is 0 Å². The molecule has 1 heterocycles. The lowest BCUT2D eigenvalue weighted by Crippen LogP contribution is -2.41. The zero-order valence-electron chi connectivity index (χ0n) is 16.4. The quantitative estimate of drug-likeness (QED) is 0.783. The van der Waals surface area contributed by atoms with Crippen LogP contribution in [0.2, 0.25) is 0 Å². The summed E-state index contributed by atoms with van der Waals surface area (Å²) in [4.78, 5) is 13.6. The summed E-state index contributed by atoms with van der Waals surface area (Å²) in [6.45, 7) is 11.7. The highest BCUT2D eigenvalue weighted by Gasteiger charge is 2.51. The predicted octanol–water partition coefficient (Wildman–Crippen LogP) is 2.98. The summed E-state index contributed by atoms with van der Waals surface area (Å²) < 4.78 is 22.8. The number of carbonyl (C=O) groups is 1. The molecule has 6 nitrogen and oxygen atoms in total. The smallest absolute Gasteiger partial charge is 0.494 e. The molecule has 1 saturated heterocycles. The highest BCUT2D eigenvalue weighted by molar-refractivity contribution is 6.62. The number of rotatable bonds is 4. The molecule has 1 fully saturated rings. The molecule has 7 heteroatoms. The summed E-state index contributed by atoms with van der Waals surface area (Å²) in [5.41, 5.74) is 0.626. The van der Waals surface area contributed by atoms with Crippen LogP contribution in [-0.4, -0.2) is 44.7 Å². The fraction of sp³-hybridized carbons (Fsp3) is 0.611. The molecule has 138 valence electrons. The van der Waals surface area contributed by atoms with Crippen LogP contribution in [0.25, 0.3) is 0 Å². The summed E-state index contributed by atoms with van der Waals surface area (Å²) in [6.07, 6.45) is -0.623. The van der Waals surface area contributed by atoms with Crippen molar-refractivity contribution in [3.05, 3.63) is 18.2 Å². The van der Waals surface area contributed by atoms with Gasteiger partial charge in [-0.05, 0) is 59.1 Å². The van der Waals surface area contributed by atoms with Crippen LogP contribution in [0.15, 0.2) is 18.2 Å². The first-order valence-corrected chi connectivity index (χ1v) is 8.46. The maximum absolute atomic E-state index is 12.1. The highest BCUT2D eigenvalue weighted by atomic mass is 16.7. The molecule has 0 atom stereocenters. The number of nitrogens with zero attached hydrogens (tertiary/aromatic N) is 1. The second-order valence-corrected chi connectivity index (χ2v) is 7.51. The Balaban J connectivity index is 2.27. The maximum atomic E-state index is 12.1. The Kier molecular flexibility index (Phi) is 5.39. The number of carbonyl (C=O) groups excluding carboxylic acids is 1. The highest BCUT2D eigenvalue weighted by Crippen LogP contribution is 2.37. The van der Waals surface area contributed by atoms with Crippen LogP contribution in [0.4, 0.5) is 10.5 Å². The second kappa shape index (κ2) is 6.88. The zero-order valence-corrected chi connectivity index (χ0v) is 16.4. The van der Waals surface area contributed by atoms with Crippen molar-refractivity contribution in [2.75, 3.05) is 19.1 Å². The molecule has 0 bridgehead atoms. The third-order valence-electron chi connectivity index (χ3n) is 4.70. The Bertz CT molecular complexity index is 628. The van der Waals surface area contributed by atoms with Gasteiger partial charge in [0.2, 0.25) is 0 Å². The minimum Gasteiger partial charge on any atom is -0.495 e. The van der Waals surface area contributed by atoms with Gasteiger partial charge < -0.3 is 18.8 Å². The van der Waals surface area contributed by atoms with Crippen LogP contribution in [0, 0.1) is 0 Å². The van der Waals surface area contributed by atoms with Gasteiger partial charge in [-0.25, -0.2) is 4.79 Å². The van der Waals surface area contributed by atoms with E-state index in [0.717, 1.165) is 5.46 Å². The summed E-state index contributed by atoms with van der Waals surface area (Å²) in [5, 5.41) is 0. The van der Waals surface area contributed by atoms with E-state index < -0.39 is 24.4 Å². The molecule has 1 aromatic rings. The molecule has 0 spiro atoms. The summed E-state index contributed by atoms with van der Waals surface area (Å²) in [6, 6.07) is 5.51. The van der Waals surface area contributed by atoms with Crippen molar-refractivity contribution >= 4 is 24.4 Å². The lowest BCUT2D eigenvalue weighted by Gasteiger charge is -2.32. The normalized spacial score (nSPS) is 18.4. The van der Waals surface area contributed by atoms with Gasteiger partial charge in [0, 0.05) is 7.05 Å². The molecule has 0 N–H and O–H groups in total. The molecule has 1 aliphatic heterocycles. The Morgan fingerprint density at radius 1 is 1.16 bits per heavy atom. The molecule has 1 aromatic carbocycles. The Hall–Kier alpha value is -1.73. The van der Waals surface area contributed by atoms with Crippen molar-refractivity contribution in [1.82, 2.24) is 0 Å². The van der Waals surface area contributed by atoms with Crippen molar-refractivity contribution in [2.24, 2.45) is 0 Å². The van der Waals surface area contributed by atoms with Gasteiger partial charge in [-0.15, -0.1) is 0 Å². The molecule has 1 aliphatic rings. The second-order valence-electron chi connectivity index (χ2n) is 7.51. The lowest BCUT2D eigenvalue weighted by molar-refractivity contribution is 0.00578. The average molecular weight is 349 g/mol. The van der Waals surface area contributed by atoms with Crippen LogP contribution in [-0.2, 0) is 14.0 Å². The van der Waals surface area contributed by atoms with Gasteiger partial charge in [0.25, 0.3) is 0 Å². The van der Waals surface area contributed by atoms with Crippen LogP contribution in [0.1, 0.15) is 41.5 Å². The number of anilines is 1. The third-order valence-corrected chi connectivity index (χ3v) is 4.70. The standard InChI is InChI=1S/C18H28BNO5/c1-12(2)23-16(21)20(7)14-10-9-13(11-15(14)22-8)19-24-17(3,4)18(5,6)25-19/h9-12H,1-8H3. The number of ether oxygens (including phenoxy) is 2. The van der Waals surface area contributed by atoms with Gasteiger partial charge in [0.05, 0.1) is 30.1 Å². The fourth-order valence-electron chi connectivity index (χ4n) is 2.48. The summed E-state index contributed by atoms with van der Waals surface area (Å²) >= 11 is 0. The van der Waals surface area contributed by atoms with E-state index in [-0.39, 0.29) is 6.10 Å². The molecule has 2 rings (SSSR count). The first-order chi connectivity index (χ1) is 11.5. The minimum absolute atomic E-state index is 0.190. The predicted molar refractivity (Wildman–Crippen MR) is 98.7 cm³/mol. The molecule has 0 aromatic heterocycles.